The summed E-state index contributed by atoms with van der Waals surface area (Å²) in [5.74, 6) is -0.307. The van der Waals surface area contributed by atoms with Crippen LogP contribution in [0.15, 0.2) is 41.3 Å². The van der Waals surface area contributed by atoms with Crippen molar-refractivity contribution in [2.45, 2.75) is 13.1 Å². The third kappa shape index (κ3) is 2.83. The van der Waals surface area contributed by atoms with E-state index in [4.69, 9.17) is 0 Å². The summed E-state index contributed by atoms with van der Waals surface area (Å²) in [5, 5.41) is 7.99. The summed E-state index contributed by atoms with van der Waals surface area (Å²) in [5.41, 5.74) is 2.20. The first kappa shape index (κ1) is 13.9. The van der Waals surface area contributed by atoms with E-state index in [1.165, 1.54) is 6.20 Å². The number of nitrogens with one attached hydrogen (secondary N) is 4. The van der Waals surface area contributed by atoms with E-state index >= 15 is 0 Å². The molecular weight excluding hydrogens is 284 g/mol. The van der Waals surface area contributed by atoms with Crippen LogP contribution in [-0.2, 0) is 13.1 Å². The van der Waals surface area contributed by atoms with Crippen LogP contribution in [0.4, 0.5) is 10.5 Å². The lowest BCUT2D eigenvalue weighted by molar-refractivity contribution is 0.0950. The molecule has 0 saturated carbocycles. The van der Waals surface area contributed by atoms with Gasteiger partial charge in [0.1, 0.15) is 0 Å². The van der Waals surface area contributed by atoms with E-state index in [1.54, 1.807) is 30.3 Å². The van der Waals surface area contributed by atoms with Crippen LogP contribution in [-0.4, -0.2) is 16.9 Å². The van der Waals surface area contributed by atoms with E-state index in [9.17, 15) is 14.4 Å². The Hall–Kier alpha value is -3.09. The highest BCUT2D eigenvalue weighted by molar-refractivity contribution is 5.98. The van der Waals surface area contributed by atoms with E-state index in [2.05, 4.69) is 20.9 Å². The Morgan fingerprint density at radius 1 is 1.23 bits per heavy atom. The maximum atomic E-state index is 12.1. The van der Waals surface area contributed by atoms with E-state index in [-0.39, 0.29) is 24.0 Å². The maximum Gasteiger partial charge on any atom is 0.319 e. The van der Waals surface area contributed by atoms with Crippen molar-refractivity contribution in [3.63, 3.8) is 0 Å². The molecule has 2 aromatic rings. The zero-order chi connectivity index (χ0) is 15.5. The normalized spacial score (nSPS) is 12.8. The van der Waals surface area contributed by atoms with Gasteiger partial charge >= 0.3 is 6.03 Å². The van der Waals surface area contributed by atoms with Crippen molar-refractivity contribution in [3.05, 3.63) is 63.6 Å². The number of H-pyrrole nitrogens is 1. The topological polar surface area (TPSA) is 103 Å². The van der Waals surface area contributed by atoms with Crippen molar-refractivity contribution < 1.29 is 9.59 Å². The number of hydrogen-bond donors (Lipinski definition) is 4. The summed E-state index contributed by atoms with van der Waals surface area (Å²) >= 11 is 0. The van der Waals surface area contributed by atoms with E-state index in [0.29, 0.717) is 23.4 Å². The molecule has 0 fully saturated rings. The average molecular weight is 298 g/mol. The molecule has 0 bridgehead atoms. The molecule has 4 N–H and O–H groups in total. The predicted molar refractivity (Wildman–Crippen MR) is 80.5 cm³/mol. The van der Waals surface area contributed by atoms with Crippen LogP contribution in [0.1, 0.15) is 21.5 Å². The number of anilines is 1. The first-order valence-corrected chi connectivity index (χ1v) is 6.76. The second kappa shape index (κ2) is 5.72. The van der Waals surface area contributed by atoms with E-state index in [1.807, 2.05) is 0 Å². The Bertz CT molecular complexity index is 797. The Morgan fingerprint density at radius 2 is 2.09 bits per heavy atom. The zero-order valence-corrected chi connectivity index (χ0v) is 11.6. The number of carbonyl (C=O) groups is 2. The van der Waals surface area contributed by atoms with Crippen LogP contribution in [0.25, 0.3) is 0 Å². The van der Waals surface area contributed by atoms with Crippen molar-refractivity contribution in [3.8, 4) is 0 Å². The first-order valence-electron chi connectivity index (χ1n) is 6.76. The molecule has 0 radical (unpaired) electrons. The van der Waals surface area contributed by atoms with Crippen LogP contribution >= 0.6 is 0 Å². The molecule has 1 aromatic heterocycles. The summed E-state index contributed by atoms with van der Waals surface area (Å²) in [7, 11) is 0. The molecule has 1 aliphatic heterocycles. The molecule has 0 unspecified atom stereocenters. The summed E-state index contributed by atoms with van der Waals surface area (Å²) in [6, 6.07) is 8.15. The molecule has 2 heterocycles. The summed E-state index contributed by atoms with van der Waals surface area (Å²) < 4.78 is 0. The fourth-order valence-electron chi connectivity index (χ4n) is 2.20. The maximum absolute atomic E-state index is 12.1. The monoisotopic (exact) mass is 298 g/mol. The SMILES string of the molecule is O=C1NCc2ccc(C(=O)NCc3ccc[nH]c3=O)cc2N1. The molecule has 3 rings (SSSR count). The van der Waals surface area contributed by atoms with Crippen LogP contribution in [0.3, 0.4) is 0 Å². The average Bonchev–Trinajstić information content (AvgIpc) is 2.53. The molecule has 1 aromatic carbocycles. The van der Waals surface area contributed by atoms with Crippen LogP contribution < -0.4 is 21.5 Å². The standard InChI is InChI=1S/C15H14N4O3/c20-13(17-8-11-2-1-5-16-14(11)21)9-3-4-10-7-18-15(22)19-12(10)6-9/h1-6H,7-8H2,(H,16,21)(H,17,20)(H2,18,19,22). The van der Waals surface area contributed by atoms with Gasteiger partial charge in [-0.1, -0.05) is 12.1 Å². The summed E-state index contributed by atoms with van der Waals surface area (Å²) in [6.07, 6.45) is 1.54. The van der Waals surface area contributed by atoms with E-state index < -0.39 is 0 Å². The highest BCUT2D eigenvalue weighted by Crippen LogP contribution is 2.20. The van der Waals surface area contributed by atoms with Crippen molar-refractivity contribution in [1.82, 2.24) is 15.6 Å². The Balaban J connectivity index is 1.73. The summed E-state index contributed by atoms with van der Waals surface area (Å²) in [6.45, 7) is 0.572. The first-order chi connectivity index (χ1) is 10.6. The van der Waals surface area contributed by atoms with Crippen molar-refractivity contribution in [2.24, 2.45) is 0 Å². The molecule has 112 valence electrons. The van der Waals surface area contributed by atoms with Crippen molar-refractivity contribution >= 4 is 17.6 Å². The number of urea groups is 1. The number of aromatic nitrogens is 1. The zero-order valence-electron chi connectivity index (χ0n) is 11.6. The lowest BCUT2D eigenvalue weighted by atomic mass is 10.1. The molecule has 7 nitrogen and oxygen atoms in total. The quantitative estimate of drug-likeness (QED) is 0.678. The van der Waals surface area contributed by atoms with Gasteiger partial charge in [-0.2, -0.15) is 0 Å². The summed E-state index contributed by atoms with van der Waals surface area (Å²) in [4.78, 5) is 37.5. The molecule has 0 atom stereocenters. The van der Waals surface area contributed by atoms with Gasteiger partial charge < -0.3 is 20.9 Å². The van der Waals surface area contributed by atoms with Gasteiger partial charge in [-0.15, -0.1) is 0 Å². The highest BCUT2D eigenvalue weighted by Gasteiger charge is 2.16. The predicted octanol–water partition coefficient (Wildman–Crippen LogP) is 0.940. The molecule has 0 saturated heterocycles. The number of benzene rings is 1. The minimum absolute atomic E-state index is 0.139. The van der Waals surface area contributed by atoms with Gasteiger partial charge in [0.15, 0.2) is 0 Å². The third-order valence-corrected chi connectivity index (χ3v) is 3.40. The molecule has 0 aliphatic carbocycles. The lowest BCUT2D eigenvalue weighted by Crippen LogP contribution is -2.33. The van der Waals surface area contributed by atoms with Gasteiger partial charge in [0.25, 0.3) is 11.5 Å². The number of aromatic amines is 1. The number of amides is 3. The molecule has 1 aliphatic rings. The van der Waals surface area contributed by atoms with Crippen molar-refractivity contribution in [2.75, 3.05) is 5.32 Å². The highest BCUT2D eigenvalue weighted by atomic mass is 16.2. The molecular formula is C15H14N4O3. The fraction of sp³-hybridized carbons (Fsp3) is 0.133. The largest absolute Gasteiger partial charge is 0.348 e. The van der Waals surface area contributed by atoms with Crippen LogP contribution in [0, 0.1) is 0 Å². The fourth-order valence-corrected chi connectivity index (χ4v) is 2.20. The molecule has 0 spiro atoms. The molecule has 3 amide bonds. The number of pyridine rings is 1. The van der Waals surface area contributed by atoms with Gasteiger partial charge in [-0.3, -0.25) is 9.59 Å². The minimum Gasteiger partial charge on any atom is -0.348 e. The number of hydrogen-bond acceptors (Lipinski definition) is 3. The smallest absolute Gasteiger partial charge is 0.319 e. The van der Waals surface area contributed by atoms with Crippen LogP contribution in [0.5, 0.6) is 0 Å². The minimum atomic E-state index is -0.307. The second-order valence-electron chi connectivity index (χ2n) is 4.89. The van der Waals surface area contributed by atoms with Gasteiger partial charge in [-0.05, 0) is 23.8 Å². The third-order valence-electron chi connectivity index (χ3n) is 3.40. The number of carbonyl (C=O) groups excluding carboxylic acids is 2. The van der Waals surface area contributed by atoms with Gasteiger partial charge in [0.05, 0.1) is 0 Å². The number of rotatable bonds is 3. The van der Waals surface area contributed by atoms with Gasteiger partial charge in [-0.25, -0.2) is 4.79 Å². The number of fused-ring (bicyclic) bond motifs is 1. The van der Waals surface area contributed by atoms with E-state index in [0.717, 1.165) is 5.56 Å². The Labute approximate surface area is 125 Å². The second-order valence-corrected chi connectivity index (χ2v) is 4.89. The molecule has 22 heavy (non-hydrogen) atoms. The molecule has 7 heteroatoms. The van der Waals surface area contributed by atoms with Crippen molar-refractivity contribution in [1.29, 1.82) is 0 Å². The Morgan fingerprint density at radius 3 is 2.91 bits per heavy atom. The van der Waals surface area contributed by atoms with Crippen LogP contribution in [0.2, 0.25) is 0 Å². The Kier molecular flexibility index (Phi) is 3.61. The van der Waals surface area contributed by atoms with Gasteiger partial charge in [0, 0.05) is 36.1 Å². The lowest BCUT2D eigenvalue weighted by Gasteiger charge is -2.18. The van der Waals surface area contributed by atoms with Gasteiger partial charge in [0.2, 0.25) is 0 Å².